The molecule has 5 rings (SSSR count). The fourth-order valence-electron chi connectivity index (χ4n) is 7.13. The van der Waals surface area contributed by atoms with E-state index < -0.39 is 17.0 Å². The summed E-state index contributed by atoms with van der Waals surface area (Å²) in [5.41, 5.74) is -0.280. The van der Waals surface area contributed by atoms with E-state index in [1.54, 1.807) is 13.1 Å². The van der Waals surface area contributed by atoms with E-state index in [4.69, 9.17) is 4.74 Å². The Morgan fingerprint density at radius 2 is 1.82 bits per heavy atom. The number of nitrogens with zero attached hydrogens (tertiary/aromatic N) is 2. The van der Waals surface area contributed by atoms with Gasteiger partial charge in [-0.15, -0.1) is 0 Å². The van der Waals surface area contributed by atoms with Gasteiger partial charge in [0.1, 0.15) is 0 Å². The zero-order valence-corrected chi connectivity index (χ0v) is 23.4. The summed E-state index contributed by atoms with van der Waals surface area (Å²) in [5.74, 6) is 0.378. The van der Waals surface area contributed by atoms with Gasteiger partial charge in [-0.1, -0.05) is 69.4 Å². The molecule has 2 aliphatic carbocycles. The summed E-state index contributed by atoms with van der Waals surface area (Å²) in [6.07, 6.45) is 10.3. The van der Waals surface area contributed by atoms with Crippen LogP contribution in [0, 0.1) is 17.3 Å². The molecule has 7 nitrogen and oxygen atoms in total. The second-order valence-corrected chi connectivity index (χ2v) is 12.1. The smallest absolute Gasteiger partial charge is 0.340 e. The summed E-state index contributed by atoms with van der Waals surface area (Å²) in [5, 5.41) is 12.2. The Bertz CT molecular complexity index is 1240. The number of carbonyl (C=O) groups excluding carboxylic acids is 2. The van der Waals surface area contributed by atoms with E-state index in [9.17, 15) is 19.5 Å². The van der Waals surface area contributed by atoms with Crippen molar-refractivity contribution in [1.29, 1.82) is 0 Å². The molecule has 3 aliphatic rings. The van der Waals surface area contributed by atoms with Crippen LogP contribution >= 0.6 is 0 Å². The van der Waals surface area contributed by atoms with Crippen LogP contribution in [0.1, 0.15) is 82.0 Å². The highest BCUT2D eigenvalue weighted by Crippen LogP contribution is 2.52. The first-order valence-corrected chi connectivity index (χ1v) is 14.7. The lowest BCUT2D eigenvalue weighted by Gasteiger charge is -2.53. The van der Waals surface area contributed by atoms with Gasteiger partial charge in [-0.25, -0.2) is 4.79 Å². The molecule has 1 N–H and O–H groups in total. The van der Waals surface area contributed by atoms with E-state index >= 15 is 0 Å². The number of rotatable bonds is 8. The standard InChI is InChI=1S/C32H42N2O5/c1-3-39-30(37)27-20-34(28(35)19-26(27)25-12-5-4-6-13-25)22-32(38)16-17-33(21-31(32)14-7-8-15-31)29(36)23(2)18-24-10-9-11-24/h4-6,12-13,19-20,23-24,38H,3,7-11,14-18,21-22H2,1-2H3. The van der Waals surface area contributed by atoms with Gasteiger partial charge in [0.05, 0.1) is 24.3 Å². The Balaban J connectivity index is 1.42. The van der Waals surface area contributed by atoms with Crippen molar-refractivity contribution in [2.45, 2.75) is 83.8 Å². The Morgan fingerprint density at radius 1 is 1.10 bits per heavy atom. The second kappa shape index (κ2) is 11.3. The highest BCUT2D eigenvalue weighted by atomic mass is 16.5. The lowest BCUT2D eigenvalue weighted by Crippen LogP contribution is -2.62. The number of pyridine rings is 1. The number of piperidine rings is 1. The zero-order chi connectivity index (χ0) is 27.6. The number of esters is 1. The molecule has 210 valence electrons. The molecular weight excluding hydrogens is 492 g/mol. The highest BCUT2D eigenvalue weighted by molar-refractivity contribution is 5.96. The van der Waals surface area contributed by atoms with Crippen LogP contribution in [0.15, 0.2) is 47.4 Å². The fourth-order valence-corrected chi connectivity index (χ4v) is 7.13. The third-order valence-electron chi connectivity index (χ3n) is 9.62. The van der Waals surface area contributed by atoms with E-state index in [-0.39, 0.29) is 30.5 Å². The Kier molecular flexibility index (Phi) is 7.99. The van der Waals surface area contributed by atoms with Crippen molar-refractivity contribution in [2.24, 2.45) is 17.3 Å². The van der Waals surface area contributed by atoms with Crippen LogP contribution in [0.25, 0.3) is 11.1 Å². The molecule has 0 radical (unpaired) electrons. The van der Waals surface area contributed by atoms with Crippen molar-refractivity contribution in [2.75, 3.05) is 19.7 Å². The monoisotopic (exact) mass is 534 g/mol. The SMILES string of the molecule is CCOC(=O)c1cn(CC2(O)CCN(C(=O)C(C)CC3CCC3)CC23CCCC3)c(=O)cc1-c1ccccc1. The molecule has 1 aromatic heterocycles. The van der Waals surface area contributed by atoms with Gasteiger partial charge in [0.25, 0.3) is 5.56 Å². The number of hydrogen-bond acceptors (Lipinski definition) is 5. The molecule has 1 saturated heterocycles. The Morgan fingerprint density at radius 3 is 2.46 bits per heavy atom. The fraction of sp³-hybridized carbons (Fsp3) is 0.594. The molecular formula is C32H42N2O5. The van der Waals surface area contributed by atoms with Crippen molar-refractivity contribution in [3.63, 3.8) is 0 Å². The molecule has 2 aromatic rings. The van der Waals surface area contributed by atoms with Crippen LogP contribution in [0.3, 0.4) is 0 Å². The number of likely N-dealkylation sites (tertiary alicyclic amines) is 1. The molecule has 1 amide bonds. The van der Waals surface area contributed by atoms with Gasteiger partial charge >= 0.3 is 5.97 Å². The molecule has 2 heterocycles. The van der Waals surface area contributed by atoms with Crippen molar-refractivity contribution < 1.29 is 19.4 Å². The summed E-state index contributed by atoms with van der Waals surface area (Å²) in [7, 11) is 0. The Hall–Kier alpha value is -2.93. The maximum absolute atomic E-state index is 13.4. The number of aliphatic hydroxyl groups is 1. The average Bonchev–Trinajstić information content (AvgIpc) is 3.39. The molecule has 39 heavy (non-hydrogen) atoms. The summed E-state index contributed by atoms with van der Waals surface area (Å²) in [6.45, 7) is 5.13. The van der Waals surface area contributed by atoms with Crippen LogP contribution in [0.5, 0.6) is 0 Å². The first kappa shape index (κ1) is 27.6. The lowest BCUT2D eigenvalue weighted by molar-refractivity contribution is -0.163. The van der Waals surface area contributed by atoms with E-state index in [0.717, 1.165) is 37.7 Å². The maximum atomic E-state index is 13.4. The molecule has 2 atom stereocenters. The molecule has 2 saturated carbocycles. The Labute approximate surface area is 231 Å². The first-order valence-electron chi connectivity index (χ1n) is 14.7. The van der Waals surface area contributed by atoms with Crippen LogP contribution in [-0.2, 0) is 16.1 Å². The maximum Gasteiger partial charge on any atom is 0.340 e. The van der Waals surface area contributed by atoms with E-state index in [0.29, 0.717) is 36.6 Å². The van der Waals surface area contributed by atoms with Gasteiger partial charge in [-0.2, -0.15) is 0 Å². The van der Waals surface area contributed by atoms with E-state index in [1.165, 1.54) is 29.9 Å². The van der Waals surface area contributed by atoms with Gasteiger partial charge in [0.15, 0.2) is 0 Å². The van der Waals surface area contributed by atoms with Gasteiger partial charge < -0.3 is 19.3 Å². The molecule has 7 heteroatoms. The summed E-state index contributed by atoms with van der Waals surface area (Å²) < 4.78 is 6.82. The van der Waals surface area contributed by atoms with Gasteiger partial charge in [0, 0.05) is 42.2 Å². The first-order chi connectivity index (χ1) is 18.7. The summed E-state index contributed by atoms with van der Waals surface area (Å²) in [4.78, 5) is 41.8. The normalized spacial score (nSPS) is 23.4. The molecule has 1 aliphatic heterocycles. The molecule has 0 bridgehead atoms. The lowest BCUT2D eigenvalue weighted by atomic mass is 9.65. The van der Waals surface area contributed by atoms with Crippen molar-refractivity contribution >= 4 is 11.9 Å². The minimum Gasteiger partial charge on any atom is -0.462 e. The minimum atomic E-state index is -1.15. The molecule has 2 unspecified atom stereocenters. The highest BCUT2D eigenvalue weighted by Gasteiger charge is 2.55. The largest absolute Gasteiger partial charge is 0.462 e. The van der Waals surface area contributed by atoms with Crippen LogP contribution in [0.2, 0.25) is 0 Å². The number of benzene rings is 1. The van der Waals surface area contributed by atoms with Crippen molar-refractivity contribution in [1.82, 2.24) is 9.47 Å². The topological polar surface area (TPSA) is 88.8 Å². The summed E-state index contributed by atoms with van der Waals surface area (Å²) in [6, 6.07) is 10.8. The second-order valence-electron chi connectivity index (χ2n) is 12.1. The average molecular weight is 535 g/mol. The minimum absolute atomic E-state index is 0.000215. The molecule has 1 spiro atoms. The molecule has 3 fully saturated rings. The predicted octanol–water partition coefficient (Wildman–Crippen LogP) is 5.04. The van der Waals surface area contributed by atoms with Gasteiger partial charge in [0.2, 0.25) is 5.91 Å². The number of hydrogen-bond donors (Lipinski definition) is 1. The van der Waals surface area contributed by atoms with Crippen LogP contribution in [-0.4, -0.2) is 51.7 Å². The van der Waals surface area contributed by atoms with E-state index in [1.807, 2.05) is 42.2 Å². The third-order valence-corrected chi connectivity index (χ3v) is 9.62. The number of ether oxygens (including phenoxy) is 1. The predicted molar refractivity (Wildman–Crippen MR) is 150 cm³/mol. The number of carbonyl (C=O) groups is 2. The molecule has 1 aromatic carbocycles. The summed E-state index contributed by atoms with van der Waals surface area (Å²) >= 11 is 0. The van der Waals surface area contributed by atoms with Crippen molar-refractivity contribution in [3.8, 4) is 11.1 Å². The van der Waals surface area contributed by atoms with Crippen molar-refractivity contribution in [3.05, 3.63) is 58.5 Å². The van der Waals surface area contributed by atoms with Crippen LogP contribution in [0.4, 0.5) is 0 Å². The zero-order valence-electron chi connectivity index (χ0n) is 23.4. The quantitative estimate of drug-likeness (QED) is 0.479. The number of amides is 1. The van der Waals surface area contributed by atoms with Crippen LogP contribution < -0.4 is 5.56 Å². The number of aromatic nitrogens is 1. The third kappa shape index (κ3) is 5.43. The van der Waals surface area contributed by atoms with E-state index in [2.05, 4.69) is 0 Å². The van der Waals surface area contributed by atoms with Gasteiger partial charge in [-0.05, 0) is 44.1 Å². The van der Waals surface area contributed by atoms with Gasteiger partial charge in [-0.3, -0.25) is 9.59 Å².